The van der Waals surface area contributed by atoms with Crippen molar-refractivity contribution >= 4 is 27.6 Å². The predicted octanol–water partition coefficient (Wildman–Crippen LogP) is 1.87. The van der Waals surface area contributed by atoms with Gasteiger partial charge >= 0.3 is 5.97 Å². The van der Waals surface area contributed by atoms with Gasteiger partial charge in [-0.3, -0.25) is 13.8 Å². The SMILES string of the molecule is CON=C1C(=O)C(C)=CC=C1S(=O)(=O)OCCCC(=O)OC(C)(C)C. The summed E-state index contributed by atoms with van der Waals surface area (Å²) in [5, 5.41) is 3.48. The minimum absolute atomic E-state index is 0.0167. The first-order valence-electron chi connectivity index (χ1n) is 7.64. The van der Waals surface area contributed by atoms with Crippen LogP contribution in [-0.2, 0) is 33.5 Å². The van der Waals surface area contributed by atoms with Crippen LogP contribution in [0.4, 0.5) is 0 Å². The molecule has 0 radical (unpaired) electrons. The molecule has 0 saturated heterocycles. The van der Waals surface area contributed by atoms with Crippen molar-refractivity contribution in [3.8, 4) is 0 Å². The van der Waals surface area contributed by atoms with E-state index in [0.717, 1.165) is 0 Å². The molecule has 1 aliphatic rings. The Balaban J connectivity index is 2.71. The summed E-state index contributed by atoms with van der Waals surface area (Å²) in [6.07, 6.45) is 2.77. The second-order valence-electron chi connectivity index (χ2n) is 6.30. The standard InChI is InChI=1S/C16H23NO7S/c1-11-8-9-12(14(15(11)19)17-22-5)25(20,21)23-10-6-7-13(18)24-16(2,3)4/h8-9H,6-7,10H2,1-5H3. The van der Waals surface area contributed by atoms with Crippen molar-refractivity contribution in [3.63, 3.8) is 0 Å². The van der Waals surface area contributed by atoms with E-state index in [1.165, 1.54) is 26.2 Å². The summed E-state index contributed by atoms with van der Waals surface area (Å²) in [5.41, 5.74) is -0.609. The molecule has 9 heteroatoms. The van der Waals surface area contributed by atoms with Crippen molar-refractivity contribution in [1.82, 2.24) is 0 Å². The lowest BCUT2D eigenvalue weighted by molar-refractivity contribution is -0.155. The number of hydrogen-bond acceptors (Lipinski definition) is 8. The van der Waals surface area contributed by atoms with E-state index in [2.05, 4.69) is 9.99 Å². The van der Waals surface area contributed by atoms with Gasteiger partial charge in [0.1, 0.15) is 17.6 Å². The molecule has 0 aromatic rings. The van der Waals surface area contributed by atoms with Crippen molar-refractivity contribution in [2.24, 2.45) is 5.16 Å². The first-order chi connectivity index (χ1) is 11.5. The fourth-order valence-corrected chi connectivity index (χ4v) is 2.94. The summed E-state index contributed by atoms with van der Waals surface area (Å²) < 4.78 is 34.5. The van der Waals surface area contributed by atoms with Crippen molar-refractivity contribution in [2.45, 2.75) is 46.1 Å². The molecule has 0 heterocycles. The van der Waals surface area contributed by atoms with E-state index in [4.69, 9.17) is 8.92 Å². The Hall–Kier alpha value is -2.00. The number of oxime groups is 1. The number of ether oxygens (including phenoxy) is 1. The number of carbonyl (C=O) groups is 2. The highest BCUT2D eigenvalue weighted by molar-refractivity contribution is 7.92. The van der Waals surface area contributed by atoms with Gasteiger partial charge in [0.05, 0.1) is 6.61 Å². The van der Waals surface area contributed by atoms with E-state index < -0.39 is 27.5 Å². The topological polar surface area (TPSA) is 108 Å². The molecule has 0 aromatic carbocycles. The van der Waals surface area contributed by atoms with Gasteiger partial charge in [-0.2, -0.15) is 8.42 Å². The minimum Gasteiger partial charge on any atom is -0.460 e. The predicted molar refractivity (Wildman–Crippen MR) is 91.2 cm³/mol. The van der Waals surface area contributed by atoms with Crippen LogP contribution < -0.4 is 0 Å². The van der Waals surface area contributed by atoms with Crippen LogP contribution in [0.25, 0.3) is 0 Å². The highest BCUT2D eigenvalue weighted by Gasteiger charge is 2.32. The van der Waals surface area contributed by atoms with Crippen LogP contribution in [-0.4, -0.2) is 45.2 Å². The average molecular weight is 373 g/mol. The Morgan fingerprint density at radius 1 is 1.24 bits per heavy atom. The molecule has 0 aliphatic heterocycles. The van der Waals surface area contributed by atoms with Gasteiger partial charge in [-0.25, -0.2) is 0 Å². The molecule has 0 aromatic heterocycles. The van der Waals surface area contributed by atoms with Crippen LogP contribution in [0.5, 0.6) is 0 Å². The number of rotatable bonds is 7. The Labute approximate surface area is 147 Å². The summed E-state index contributed by atoms with van der Waals surface area (Å²) in [6, 6.07) is 0. The van der Waals surface area contributed by atoms with Gasteiger partial charge < -0.3 is 9.57 Å². The molecule has 25 heavy (non-hydrogen) atoms. The zero-order valence-corrected chi connectivity index (χ0v) is 15.8. The second-order valence-corrected chi connectivity index (χ2v) is 7.88. The van der Waals surface area contributed by atoms with Crippen LogP contribution in [0.1, 0.15) is 40.5 Å². The summed E-state index contributed by atoms with van der Waals surface area (Å²) in [7, 11) is -3.00. The molecule has 0 N–H and O–H groups in total. The van der Waals surface area contributed by atoms with Crippen LogP contribution in [0.3, 0.4) is 0 Å². The number of ketones is 1. The first-order valence-corrected chi connectivity index (χ1v) is 9.05. The van der Waals surface area contributed by atoms with E-state index in [0.29, 0.717) is 5.57 Å². The molecule has 0 unspecified atom stereocenters. The highest BCUT2D eigenvalue weighted by Crippen LogP contribution is 2.20. The third kappa shape index (κ3) is 6.43. The Bertz CT molecular complexity index is 724. The van der Waals surface area contributed by atoms with Crippen LogP contribution in [0.15, 0.2) is 27.8 Å². The van der Waals surface area contributed by atoms with Crippen LogP contribution >= 0.6 is 0 Å². The Kier molecular flexibility index (Phi) is 7.06. The Morgan fingerprint density at radius 3 is 2.44 bits per heavy atom. The molecule has 1 rings (SSSR count). The monoisotopic (exact) mass is 373 g/mol. The van der Waals surface area contributed by atoms with E-state index in [-0.39, 0.29) is 30.1 Å². The zero-order chi connectivity index (χ0) is 19.3. The van der Waals surface area contributed by atoms with Gasteiger partial charge in [-0.05, 0) is 45.8 Å². The molecular weight excluding hydrogens is 350 g/mol. The lowest BCUT2D eigenvalue weighted by atomic mass is 10.0. The van der Waals surface area contributed by atoms with E-state index >= 15 is 0 Å². The van der Waals surface area contributed by atoms with Gasteiger partial charge in [-0.15, -0.1) is 0 Å². The molecule has 0 spiro atoms. The molecule has 0 saturated carbocycles. The van der Waals surface area contributed by atoms with Gasteiger partial charge in [-0.1, -0.05) is 11.2 Å². The summed E-state index contributed by atoms with van der Waals surface area (Å²) in [4.78, 5) is 27.8. The molecule has 0 fully saturated rings. The maximum Gasteiger partial charge on any atom is 0.306 e. The molecule has 0 bridgehead atoms. The smallest absolute Gasteiger partial charge is 0.306 e. The highest BCUT2D eigenvalue weighted by atomic mass is 32.2. The average Bonchev–Trinajstić information content (AvgIpc) is 2.47. The number of esters is 1. The van der Waals surface area contributed by atoms with E-state index in [1.807, 2.05) is 0 Å². The fraction of sp³-hybridized carbons (Fsp3) is 0.562. The van der Waals surface area contributed by atoms with Gasteiger partial charge in [0.25, 0.3) is 10.1 Å². The van der Waals surface area contributed by atoms with Gasteiger partial charge in [0.15, 0.2) is 5.71 Å². The normalized spacial score (nSPS) is 17.2. The zero-order valence-electron chi connectivity index (χ0n) is 15.0. The van der Waals surface area contributed by atoms with Crippen molar-refractivity contribution in [3.05, 3.63) is 22.6 Å². The number of carbonyl (C=O) groups excluding carboxylic acids is 2. The first kappa shape index (κ1) is 21.0. The largest absolute Gasteiger partial charge is 0.460 e. The summed E-state index contributed by atoms with van der Waals surface area (Å²) >= 11 is 0. The number of hydrogen-bond donors (Lipinski definition) is 0. The van der Waals surface area contributed by atoms with Gasteiger partial charge in [0, 0.05) is 6.42 Å². The third-order valence-corrected chi connectivity index (χ3v) is 4.27. The van der Waals surface area contributed by atoms with Gasteiger partial charge in [0.2, 0.25) is 5.78 Å². The van der Waals surface area contributed by atoms with Crippen LogP contribution in [0.2, 0.25) is 0 Å². The van der Waals surface area contributed by atoms with Crippen molar-refractivity contribution in [1.29, 1.82) is 0 Å². The quantitative estimate of drug-likeness (QED) is 0.220. The Morgan fingerprint density at radius 2 is 1.88 bits per heavy atom. The molecule has 1 aliphatic carbocycles. The number of Topliss-reactive ketones (excluding diaryl/α,β-unsaturated/α-hetero) is 1. The minimum atomic E-state index is -4.21. The lowest BCUT2D eigenvalue weighted by Gasteiger charge is -2.19. The summed E-state index contributed by atoms with van der Waals surface area (Å²) in [5.74, 6) is -0.999. The maximum atomic E-state index is 12.3. The van der Waals surface area contributed by atoms with E-state index in [1.54, 1.807) is 20.8 Å². The second kappa shape index (κ2) is 8.39. The molecule has 0 atom stereocenters. The van der Waals surface area contributed by atoms with Crippen LogP contribution in [0, 0.1) is 0 Å². The molecule has 8 nitrogen and oxygen atoms in total. The summed E-state index contributed by atoms with van der Waals surface area (Å²) in [6.45, 7) is 6.53. The van der Waals surface area contributed by atoms with Crippen molar-refractivity contribution < 1.29 is 31.8 Å². The van der Waals surface area contributed by atoms with Crippen molar-refractivity contribution in [2.75, 3.05) is 13.7 Å². The molecule has 0 amide bonds. The third-order valence-electron chi connectivity index (χ3n) is 2.93. The maximum absolute atomic E-state index is 12.3. The number of allylic oxidation sites excluding steroid dienone is 4. The molecule has 140 valence electrons. The fourth-order valence-electron chi connectivity index (χ4n) is 1.87. The lowest BCUT2D eigenvalue weighted by Crippen LogP contribution is -2.27. The molecular formula is C16H23NO7S. The number of nitrogens with zero attached hydrogens (tertiary/aromatic N) is 1. The van der Waals surface area contributed by atoms with E-state index in [9.17, 15) is 18.0 Å².